The van der Waals surface area contributed by atoms with E-state index >= 15 is 0 Å². The minimum absolute atomic E-state index is 0.0422. The summed E-state index contributed by atoms with van der Waals surface area (Å²) in [4.78, 5) is 17.3. The Labute approximate surface area is 179 Å². The lowest BCUT2D eigenvalue weighted by molar-refractivity contribution is -0.121. The van der Waals surface area contributed by atoms with Gasteiger partial charge in [-0.25, -0.2) is 4.98 Å². The van der Waals surface area contributed by atoms with Gasteiger partial charge in [0, 0.05) is 35.6 Å². The zero-order valence-corrected chi connectivity index (χ0v) is 17.8. The molecule has 0 fully saturated rings. The lowest BCUT2D eigenvalue weighted by Gasteiger charge is -2.21. The van der Waals surface area contributed by atoms with Gasteiger partial charge in [0.2, 0.25) is 5.91 Å². The Hall–Kier alpha value is -2.70. The first-order chi connectivity index (χ1) is 13.9. The molecule has 1 N–H and O–H groups in total. The molecule has 0 aliphatic rings. The van der Waals surface area contributed by atoms with E-state index < -0.39 is 6.04 Å². The summed E-state index contributed by atoms with van der Waals surface area (Å²) < 4.78 is 12.6. The second-order valence-electron chi connectivity index (χ2n) is 6.42. The van der Waals surface area contributed by atoms with E-state index in [-0.39, 0.29) is 12.3 Å². The number of ether oxygens (including phenoxy) is 2. The van der Waals surface area contributed by atoms with Crippen LogP contribution in [0.2, 0.25) is 10.0 Å². The van der Waals surface area contributed by atoms with Crippen LogP contribution in [0, 0.1) is 0 Å². The maximum Gasteiger partial charge on any atom is 0.225 e. The number of nitrogens with zero attached hydrogens (tertiary/aromatic N) is 2. The van der Waals surface area contributed by atoms with Crippen LogP contribution in [0.4, 0.5) is 0 Å². The molecule has 1 atom stereocenters. The van der Waals surface area contributed by atoms with Gasteiger partial charge in [-0.2, -0.15) is 0 Å². The summed E-state index contributed by atoms with van der Waals surface area (Å²) in [5.41, 5.74) is 1.35. The van der Waals surface area contributed by atoms with Crippen LogP contribution in [0.25, 0.3) is 0 Å². The summed E-state index contributed by atoms with van der Waals surface area (Å²) in [5.74, 6) is 1.65. The third-order valence-electron chi connectivity index (χ3n) is 4.53. The second-order valence-corrected chi connectivity index (χ2v) is 7.23. The normalized spacial score (nSPS) is 11.8. The smallest absolute Gasteiger partial charge is 0.225 e. The summed E-state index contributed by atoms with van der Waals surface area (Å²) in [6.07, 6.45) is 3.54. The van der Waals surface area contributed by atoms with Gasteiger partial charge in [0.1, 0.15) is 23.4 Å². The number of aromatic nitrogens is 2. The Morgan fingerprint density at radius 2 is 1.76 bits per heavy atom. The molecule has 0 radical (unpaired) electrons. The molecule has 0 saturated carbocycles. The molecular formula is C21H21Cl2N3O3. The Kier molecular flexibility index (Phi) is 6.67. The molecule has 6 nitrogen and oxygen atoms in total. The lowest BCUT2D eigenvalue weighted by atomic mass is 10.0. The highest BCUT2D eigenvalue weighted by Gasteiger charge is 2.23. The van der Waals surface area contributed by atoms with Crippen LogP contribution in [-0.2, 0) is 18.3 Å². The molecule has 0 saturated heterocycles. The van der Waals surface area contributed by atoms with Crippen molar-refractivity contribution >= 4 is 29.1 Å². The van der Waals surface area contributed by atoms with Crippen molar-refractivity contribution in [2.45, 2.75) is 12.5 Å². The molecule has 29 heavy (non-hydrogen) atoms. The van der Waals surface area contributed by atoms with Gasteiger partial charge in [0.25, 0.3) is 0 Å². The average molecular weight is 434 g/mol. The summed E-state index contributed by atoms with van der Waals surface area (Å²) in [6, 6.07) is 10.1. The van der Waals surface area contributed by atoms with E-state index in [1.807, 2.05) is 29.9 Å². The molecule has 0 bridgehead atoms. The van der Waals surface area contributed by atoms with Crippen LogP contribution in [0.3, 0.4) is 0 Å². The zero-order chi connectivity index (χ0) is 21.0. The zero-order valence-electron chi connectivity index (χ0n) is 16.3. The average Bonchev–Trinajstić information content (AvgIpc) is 3.14. The quantitative estimate of drug-likeness (QED) is 0.606. The van der Waals surface area contributed by atoms with Crippen molar-refractivity contribution in [1.82, 2.24) is 14.9 Å². The minimum atomic E-state index is -0.521. The van der Waals surface area contributed by atoms with Gasteiger partial charge >= 0.3 is 0 Å². The molecule has 1 aromatic heterocycles. The van der Waals surface area contributed by atoms with Gasteiger partial charge in [-0.05, 0) is 35.4 Å². The molecule has 1 amide bonds. The molecule has 2 aromatic carbocycles. The predicted octanol–water partition coefficient (Wildman–Crippen LogP) is 4.19. The van der Waals surface area contributed by atoms with E-state index in [1.165, 1.54) is 0 Å². The Morgan fingerprint density at radius 3 is 2.28 bits per heavy atom. The first kappa shape index (κ1) is 21.0. The van der Waals surface area contributed by atoms with Crippen LogP contribution in [0.1, 0.15) is 23.0 Å². The topological polar surface area (TPSA) is 65.4 Å². The number of nitrogens with one attached hydrogen (secondary N) is 1. The highest BCUT2D eigenvalue weighted by atomic mass is 35.5. The Morgan fingerprint density at radius 1 is 1.14 bits per heavy atom. The van der Waals surface area contributed by atoms with Crippen molar-refractivity contribution in [3.63, 3.8) is 0 Å². The molecular weight excluding hydrogens is 413 g/mol. The number of hydrogen-bond acceptors (Lipinski definition) is 4. The van der Waals surface area contributed by atoms with Gasteiger partial charge < -0.3 is 19.4 Å². The van der Waals surface area contributed by atoms with E-state index in [0.717, 1.165) is 5.56 Å². The van der Waals surface area contributed by atoms with Gasteiger partial charge in [-0.3, -0.25) is 4.79 Å². The maximum absolute atomic E-state index is 12.9. The molecule has 1 heterocycles. The van der Waals surface area contributed by atoms with Crippen LogP contribution in [-0.4, -0.2) is 29.7 Å². The summed E-state index contributed by atoms with van der Waals surface area (Å²) in [6.45, 7) is 0. The van der Waals surface area contributed by atoms with E-state index in [0.29, 0.717) is 32.9 Å². The first-order valence-electron chi connectivity index (χ1n) is 8.85. The standard InChI is InChI=1S/C21H21Cl2N3O3/c1-26-8-7-24-21(26)20(13-9-14(28-2)11-15(10-13)29-3)25-19(27)12-16-17(22)5-4-6-18(16)23/h4-11,20H,12H2,1-3H3,(H,25,27)/t20-/m0/s1. The van der Waals surface area contributed by atoms with Gasteiger partial charge in [-0.1, -0.05) is 29.3 Å². The molecule has 0 unspecified atom stereocenters. The molecule has 152 valence electrons. The number of carbonyl (C=O) groups excluding carboxylic acids is 1. The number of rotatable bonds is 7. The Bertz CT molecular complexity index is 978. The highest BCUT2D eigenvalue weighted by Crippen LogP contribution is 2.30. The molecule has 0 aliphatic carbocycles. The van der Waals surface area contributed by atoms with Crippen molar-refractivity contribution < 1.29 is 14.3 Å². The number of imidazole rings is 1. The van der Waals surface area contributed by atoms with E-state index in [9.17, 15) is 4.79 Å². The minimum Gasteiger partial charge on any atom is -0.497 e. The molecule has 3 aromatic rings. The fourth-order valence-electron chi connectivity index (χ4n) is 3.02. The fraction of sp³-hybridized carbons (Fsp3) is 0.238. The first-order valence-corrected chi connectivity index (χ1v) is 9.61. The molecule has 0 aliphatic heterocycles. The number of aryl methyl sites for hydroxylation is 1. The van der Waals surface area contributed by atoms with Gasteiger partial charge in [0.05, 0.1) is 20.6 Å². The third kappa shape index (κ3) is 4.83. The number of halogens is 2. The second kappa shape index (κ2) is 9.20. The molecule has 3 rings (SSSR count). The summed E-state index contributed by atoms with van der Waals surface area (Å²) in [7, 11) is 5.02. The van der Waals surface area contributed by atoms with Crippen molar-refractivity contribution in [2.75, 3.05) is 14.2 Å². The van der Waals surface area contributed by atoms with Crippen molar-refractivity contribution in [3.8, 4) is 11.5 Å². The fourth-order valence-corrected chi connectivity index (χ4v) is 3.55. The lowest BCUT2D eigenvalue weighted by Crippen LogP contribution is -2.32. The maximum atomic E-state index is 12.9. The number of hydrogen-bond donors (Lipinski definition) is 1. The number of amides is 1. The van der Waals surface area contributed by atoms with Gasteiger partial charge in [-0.15, -0.1) is 0 Å². The van der Waals surface area contributed by atoms with E-state index in [1.54, 1.807) is 44.7 Å². The van der Waals surface area contributed by atoms with E-state index in [2.05, 4.69) is 10.3 Å². The highest BCUT2D eigenvalue weighted by molar-refractivity contribution is 6.36. The Balaban J connectivity index is 1.95. The van der Waals surface area contributed by atoms with Crippen LogP contribution in [0.5, 0.6) is 11.5 Å². The van der Waals surface area contributed by atoms with Crippen molar-refractivity contribution in [1.29, 1.82) is 0 Å². The van der Waals surface area contributed by atoms with Crippen LogP contribution < -0.4 is 14.8 Å². The molecule has 0 spiro atoms. The summed E-state index contributed by atoms with van der Waals surface area (Å²) in [5, 5.41) is 3.93. The van der Waals surface area contributed by atoms with E-state index in [4.69, 9.17) is 32.7 Å². The van der Waals surface area contributed by atoms with Crippen LogP contribution in [0.15, 0.2) is 48.8 Å². The number of carbonyl (C=O) groups is 1. The molecule has 8 heteroatoms. The van der Waals surface area contributed by atoms with Crippen molar-refractivity contribution in [3.05, 3.63) is 75.8 Å². The van der Waals surface area contributed by atoms with Crippen molar-refractivity contribution in [2.24, 2.45) is 7.05 Å². The number of benzene rings is 2. The van der Waals surface area contributed by atoms with Crippen LogP contribution >= 0.6 is 23.2 Å². The predicted molar refractivity (Wildman–Crippen MR) is 113 cm³/mol. The SMILES string of the molecule is COc1cc(OC)cc([C@H](NC(=O)Cc2c(Cl)cccc2Cl)c2nccn2C)c1. The largest absolute Gasteiger partial charge is 0.497 e. The van der Waals surface area contributed by atoms with Gasteiger partial charge in [0.15, 0.2) is 0 Å². The summed E-state index contributed by atoms with van der Waals surface area (Å²) >= 11 is 12.4. The monoisotopic (exact) mass is 433 g/mol. The number of methoxy groups -OCH3 is 2. The third-order valence-corrected chi connectivity index (χ3v) is 5.24.